The summed E-state index contributed by atoms with van der Waals surface area (Å²) in [5.41, 5.74) is -0.0345. The summed E-state index contributed by atoms with van der Waals surface area (Å²) in [6.07, 6.45) is -1.31. The Morgan fingerprint density at radius 1 is 1.27 bits per heavy atom. The number of fused-ring (bicyclic) bond motifs is 2. The van der Waals surface area contributed by atoms with Gasteiger partial charge in [0.05, 0.1) is 25.3 Å². The summed E-state index contributed by atoms with van der Waals surface area (Å²) in [7, 11) is 0. The molecular weight excluding hydrogens is 349 g/mol. The number of hydrogen-bond acceptors (Lipinski definition) is 4. The average molecular weight is 370 g/mol. The molecule has 3 heterocycles. The van der Waals surface area contributed by atoms with E-state index in [9.17, 15) is 18.0 Å². The molecule has 0 N–H and O–H groups in total. The Hall–Kier alpha value is -2.09. The first kappa shape index (κ1) is 18.7. The van der Waals surface area contributed by atoms with Crippen LogP contribution in [0.4, 0.5) is 18.0 Å². The van der Waals surface area contributed by atoms with Crippen LogP contribution in [0.15, 0.2) is 24.4 Å². The first-order chi connectivity index (χ1) is 12.0. The minimum Gasteiger partial charge on any atom is -0.444 e. The summed E-state index contributed by atoms with van der Waals surface area (Å²) >= 11 is 0. The molecule has 1 fully saturated rings. The summed E-state index contributed by atoms with van der Waals surface area (Å²) in [5, 5.41) is 0. The van der Waals surface area contributed by atoms with E-state index in [0.29, 0.717) is 25.2 Å². The van der Waals surface area contributed by atoms with Crippen molar-refractivity contribution < 1.29 is 27.4 Å². The van der Waals surface area contributed by atoms with Gasteiger partial charge in [-0.25, -0.2) is 4.79 Å². The molecule has 3 rings (SSSR count). The topological polar surface area (TPSA) is 51.7 Å². The maximum atomic E-state index is 12.7. The predicted molar refractivity (Wildman–Crippen MR) is 88.3 cm³/mol. The van der Waals surface area contributed by atoms with Crippen molar-refractivity contribution in [3.8, 4) is 0 Å². The van der Waals surface area contributed by atoms with Crippen molar-refractivity contribution in [2.45, 2.75) is 51.1 Å². The van der Waals surface area contributed by atoms with Gasteiger partial charge in [-0.2, -0.15) is 13.2 Å². The molecule has 1 amide bonds. The van der Waals surface area contributed by atoms with E-state index in [0.717, 1.165) is 11.6 Å². The second-order valence-electron chi connectivity index (χ2n) is 7.47. The number of alkyl halides is 3. The molecule has 2 aliphatic heterocycles. The molecule has 0 aromatic carbocycles. The van der Waals surface area contributed by atoms with Crippen LogP contribution >= 0.6 is 0 Å². The molecule has 0 saturated carbocycles. The monoisotopic (exact) mass is 370 g/mol. The maximum absolute atomic E-state index is 12.7. The molecule has 5 nitrogen and oxygen atoms in total. The third-order valence-electron chi connectivity index (χ3n) is 4.23. The van der Waals surface area contributed by atoms with Crippen LogP contribution in [0, 0.1) is 0 Å². The predicted octanol–water partition coefficient (Wildman–Crippen LogP) is 3.89. The van der Waals surface area contributed by atoms with E-state index >= 15 is 0 Å². The highest BCUT2D eigenvalue weighted by Gasteiger charge is 2.40. The Bertz CT molecular complexity index is 708. The van der Waals surface area contributed by atoms with Crippen molar-refractivity contribution in [1.82, 2.24) is 9.88 Å². The van der Waals surface area contributed by atoms with Crippen molar-refractivity contribution in [2.24, 2.45) is 0 Å². The lowest BCUT2D eigenvalue weighted by Gasteiger charge is -2.44. The van der Waals surface area contributed by atoms with Crippen LogP contribution in [0.2, 0.25) is 0 Å². The number of carbonyl (C=O) groups excluding carboxylic acids is 1. The largest absolute Gasteiger partial charge is 0.444 e. The van der Waals surface area contributed by atoms with Crippen LogP contribution in [0.25, 0.3) is 5.57 Å². The summed E-state index contributed by atoms with van der Waals surface area (Å²) in [5.74, 6) is 0. The van der Waals surface area contributed by atoms with E-state index in [1.54, 1.807) is 25.7 Å². The molecule has 1 aromatic heterocycles. The number of ether oxygens (including phenoxy) is 2. The van der Waals surface area contributed by atoms with Crippen LogP contribution in [0.3, 0.4) is 0 Å². The van der Waals surface area contributed by atoms with Gasteiger partial charge in [-0.3, -0.25) is 9.88 Å². The number of nitrogens with zero attached hydrogens (tertiary/aromatic N) is 2. The molecular formula is C18H21F3N2O3. The van der Waals surface area contributed by atoms with Crippen LogP contribution in [0.5, 0.6) is 0 Å². The number of hydrogen-bond donors (Lipinski definition) is 0. The van der Waals surface area contributed by atoms with Crippen LogP contribution < -0.4 is 0 Å². The molecule has 1 aromatic rings. The smallest absolute Gasteiger partial charge is 0.433 e. The van der Waals surface area contributed by atoms with Gasteiger partial charge in [-0.05, 0) is 44.4 Å². The molecule has 142 valence electrons. The van der Waals surface area contributed by atoms with Gasteiger partial charge in [-0.15, -0.1) is 0 Å². The average Bonchev–Trinajstić information content (AvgIpc) is 2.51. The number of amides is 1. The van der Waals surface area contributed by atoms with E-state index in [-0.39, 0.29) is 12.1 Å². The standard InChI is InChI=1S/C18H21F3N2O3/c1-17(2,3)26-16(24)23-13-6-12(7-14(23)10-25-9-13)11-4-5-15(22-8-11)18(19,20)21/h4-6,8,13-14H,7,9-10H2,1-3H3. The highest BCUT2D eigenvalue weighted by Crippen LogP contribution is 2.34. The first-order valence-corrected chi connectivity index (χ1v) is 8.38. The fourth-order valence-corrected chi connectivity index (χ4v) is 3.16. The molecule has 2 aliphatic rings. The number of morpholine rings is 1. The fraction of sp³-hybridized carbons (Fsp3) is 0.556. The Morgan fingerprint density at radius 2 is 2.00 bits per heavy atom. The highest BCUT2D eigenvalue weighted by molar-refractivity contribution is 5.74. The first-order valence-electron chi connectivity index (χ1n) is 8.38. The number of carbonyl (C=O) groups is 1. The van der Waals surface area contributed by atoms with Gasteiger partial charge in [0, 0.05) is 6.20 Å². The lowest BCUT2D eigenvalue weighted by atomic mass is 9.90. The number of rotatable bonds is 1. The Labute approximate surface area is 149 Å². The molecule has 1 saturated heterocycles. The van der Waals surface area contributed by atoms with Crippen molar-refractivity contribution >= 4 is 11.7 Å². The fourth-order valence-electron chi connectivity index (χ4n) is 3.16. The molecule has 0 aliphatic carbocycles. The quantitative estimate of drug-likeness (QED) is 0.753. The Balaban J connectivity index is 1.83. The minimum absolute atomic E-state index is 0.217. The van der Waals surface area contributed by atoms with E-state index < -0.39 is 23.6 Å². The van der Waals surface area contributed by atoms with Crippen LogP contribution in [-0.2, 0) is 15.7 Å². The molecule has 2 unspecified atom stereocenters. The summed E-state index contributed by atoms with van der Waals surface area (Å²) in [6, 6.07) is 1.87. The second kappa shape index (κ2) is 6.57. The minimum atomic E-state index is -4.46. The van der Waals surface area contributed by atoms with Gasteiger partial charge in [-0.1, -0.05) is 12.1 Å². The molecule has 26 heavy (non-hydrogen) atoms. The normalized spacial score (nSPS) is 23.5. The van der Waals surface area contributed by atoms with Gasteiger partial charge in [0.1, 0.15) is 11.3 Å². The lowest BCUT2D eigenvalue weighted by molar-refractivity contribution is -0.141. The number of halogens is 3. The molecule has 0 spiro atoms. The molecule has 2 bridgehead atoms. The van der Waals surface area contributed by atoms with E-state index in [4.69, 9.17) is 9.47 Å². The SMILES string of the molecule is CC(C)(C)OC(=O)N1C2C=C(c3ccc(C(F)(F)F)nc3)CC1COC2. The van der Waals surface area contributed by atoms with Crippen molar-refractivity contribution in [1.29, 1.82) is 0 Å². The number of aromatic nitrogens is 1. The zero-order valence-corrected chi connectivity index (χ0v) is 14.8. The summed E-state index contributed by atoms with van der Waals surface area (Å²) in [6.45, 7) is 6.09. The van der Waals surface area contributed by atoms with Gasteiger partial charge < -0.3 is 9.47 Å². The highest BCUT2D eigenvalue weighted by atomic mass is 19.4. The van der Waals surface area contributed by atoms with Crippen LogP contribution in [-0.4, -0.2) is 46.9 Å². The molecule has 8 heteroatoms. The zero-order chi connectivity index (χ0) is 19.1. The zero-order valence-electron chi connectivity index (χ0n) is 14.8. The van der Waals surface area contributed by atoms with Gasteiger partial charge in [0.15, 0.2) is 0 Å². The lowest BCUT2D eigenvalue weighted by Crippen LogP contribution is -2.57. The van der Waals surface area contributed by atoms with Gasteiger partial charge in [0.2, 0.25) is 0 Å². The van der Waals surface area contributed by atoms with Gasteiger partial charge in [0.25, 0.3) is 0 Å². The van der Waals surface area contributed by atoms with Crippen molar-refractivity contribution in [3.63, 3.8) is 0 Å². The maximum Gasteiger partial charge on any atom is 0.433 e. The number of pyridine rings is 1. The van der Waals surface area contributed by atoms with E-state index in [1.165, 1.54) is 12.3 Å². The Morgan fingerprint density at radius 3 is 2.54 bits per heavy atom. The van der Waals surface area contributed by atoms with Gasteiger partial charge >= 0.3 is 12.3 Å². The van der Waals surface area contributed by atoms with E-state index in [2.05, 4.69) is 4.98 Å². The van der Waals surface area contributed by atoms with E-state index in [1.807, 2.05) is 6.08 Å². The molecule has 2 atom stereocenters. The third kappa shape index (κ3) is 4.00. The van der Waals surface area contributed by atoms with Crippen molar-refractivity contribution in [2.75, 3.05) is 13.2 Å². The summed E-state index contributed by atoms with van der Waals surface area (Å²) in [4.78, 5) is 17.7. The van der Waals surface area contributed by atoms with Crippen molar-refractivity contribution in [3.05, 3.63) is 35.7 Å². The second-order valence-corrected chi connectivity index (χ2v) is 7.47. The van der Waals surface area contributed by atoms with Crippen LogP contribution in [0.1, 0.15) is 38.4 Å². The molecule has 0 radical (unpaired) electrons. The summed E-state index contributed by atoms with van der Waals surface area (Å²) < 4.78 is 49.0. The Kier molecular flexibility index (Phi) is 4.72. The third-order valence-corrected chi connectivity index (χ3v) is 4.23.